The summed E-state index contributed by atoms with van der Waals surface area (Å²) in [4.78, 5) is 8.43. The van der Waals surface area contributed by atoms with Crippen LogP contribution in [0, 0.1) is 5.92 Å². The number of nitrogens with zero attached hydrogens (tertiary/aromatic N) is 2. The summed E-state index contributed by atoms with van der Waals surface area (Å²) in [7, 11) is 0. The highest BCUT2D eigenvalue weighted by Crippen LogP contribution is 2.21. The quantitative estimate of drug-likeness (QED) is 0.831. The molecule has 2 rings (SSSR count). The fourth-order valence-corrected chi connectivity index (χ4v) is 2.10. The van der Waals surface area contributed by atoms with Crippen molar-refractivity contribution in [3.8, 4) is 0 Å². The van der Waals surface area contributed by atoms with Crippen molar-refractivity contribution in [1.29, 1.82) is 0 Å². The van der Waals surface area contributed by atoms with Gasteiger partial charge in [0.25, 0.3) is 0 Å². The van der Waals surface area contributed by atoms with Gasteiger partial charge >= 0.3 is 0 Å². The fraction of sp³-hybridized carbons (Fsp3) is 0.667. The molecule has 1 atom stereocenters. The molecule has 1 fully saturated rings. The molecule has 1 saturated heterocycles. The molecular weight excluding hydrogens is 252 g/mol. The summed E-state index contributed by atoms with van der Waals surface area (Å²) >= 11 is 6.05. The van der Waals surface area contributed by atoms with Gasteiger partial charge in [-0.1, -0.05) is 11.6 Å². The van der Waals surface area contributed by atoms with Gasteiger partial charge in [-0.15, -0.1) is 0 Å². The second-order valence-electron chi connectivity index (χ2n) is 4.37. The minimum absolute atomic E-state index is 0.555. The van der Waals surface area contributed by atoms with Crippen molar-refractivity contribution in [3.05, 3.63) is 11.2 Å². The first-order valence-corrected chi connectivity index (χ1v) is 6.75. The van der Waals surface area contributed by atoms with Crippen molar-refractivity contribution in [2.24, 2.45) is 5.92 Å². The van der Waals surface area contributed by atoms with E-state index in [4.69, 9.17) is 16.3 Å². The van der Waals surface area contributed by atoms with Crippen molar-refractivity contribution in [2.75, 3.05) is 36.9 Å². The van der Waals surface area contributed by atoms with Crippen LogP contribution in [0.25, 0.3) is 0 Å². The van der Waals surface area contributed by atoms with Gasteiger partial charge in [0.1, 0.15) is 10.8 Å². The Labute approximate surface area is 112 Å². The molecular formula is C12H19ClN4O. The minimum atomic E-state index is 0.555. The van der Waals surface area contributed by atoms with Gasteiger partial charge in [-0.25, -0.2) is 4.98 Å². The summed E-state index contributed by atoms with van der Waals surface area (Å²) < 4.78 is 5.35. The standard InChI is InChI=1S/C12H19ClN4O/c1-2-14-12-16-7-10(13)11(17-12)15-5-3-9-4-6-18-8-9/h7,9H,2-6,8H2,1H3,(H2,14,15,16,17). The molecule has 0 amide bonds. The van der Waals surface area contributed by atoms with E-state index < -0.39 is 0 Å². The summed E-state index contributed by atoms with van der Waals surface area (Å²) in [5, 5.41) is 6.88. The molecule has 0 aromatic carbocycles. The van der Waals surface area contributed by atoms with Crippen LogP contribution in [-0.4, -0.2) is 36.3 Å². The topological polar surface area (TPSA) is 59.1 Å². The number of ether oxygens (including phenoxy) is 1. The van der Waals surface area contributed by atoms with Crippen molar-refractivity contribution in [2.45, 2.75) is 19.8 Å². The van der Waals surface area contributed by atoms with E-state index in [1.54, 1.807) is 6.20 Å². The van der Waals surface area contributed by atoms with Crippen LogP contribution in [0.3, 0.4) is 0 Å². The number of rotatable bonds is 6. The van der Waals surface area contributed by atoms with E-state index in [-0.39, 0.29) is 0 Å². The Balaban J connectivity index is 1.85. The summed E-state index contributed by atoms with van der Waals surface area (Å²) in [6.45, 7) is 5.42. The maximum Gasteiger partial charge on any atom is 0.224 e. The summed E-state index contributed by atoms with van der Waals surface area (Å²) in [5.74, 6) is 1.96. The SMILES string of the molecule is CCNc1ncc(Cl)c(NCCC2CCOC2)n1. The smallest absolute Gasteiger partial charge is 0.224 e. The molecule has 1 aromatic rings. The molecule has 6 heteroatoms. The summed E-state index contributed by atoms with van der Waals surface area (Å²) in [6, 6.07) is 0. The lowest BCUT2D eigenvalue weighted by atomic mass is 10.1. The van der Waals surface area contributed by atoms with E-state index in [1.165, 1.54) is 0 Å². The van der Waals surface area contributed by atoms with Crippen LogP contribution in [0.4, 0.5) is 11.8 Å². The fourth-order valence-electron chi connectivity index (χ4n) is 1.94. The van der Waals surface area contributed by atoms with E-state index in [0.29, 0.717) is 22.7 Å². The van der Waals surface area contributed by atoms with E-state index in [2.05, 4.69) is 20.6 Å². The Morgan fingerprint density at radius 1 is 1.50 bits per heavy atom. The monoisotopic (exact) mass is 270 g/mol. The van der Waals surface area contributed by atoms with Crippen molar-refractivity contribution < 1.29 is 4.74 Å². The van der Waals surface area contributed by atoms with Crippen molar-refractivity contribution in [3.63, 3.8) is 0 Å². The molecule has 2 N–H and O–H groups in total. The maximum atomic E-state index is 6.05. The average molecular weight is 271 g/mol. The van der Waals surface area contributed by atoms with E-state index >= 15 is 0 Å². The van der Waals surface area contributed by atoms with Gasteiger partial charge in [-0.3, -0.25) is 0 Å². The third kappa shape index (κ3) is 3.71. The number of hydrogen-bond donors (Lipinski definition) is 2. The molecule has 2 heterocycles. The lowest BCUT2D eigenvalue weighted by Crippen LogP contribution is -2.11. The first-order valence-electron chi connectivity index (χ1n) is 6.37. The molecule has 0 bridgehead atoms. The van der Waals surface area contributed by atoms with Gasteiger partial charge < -0.3 is 15.4 Å². The van der Waals surface area contributed by atoms with E-state index in [1.807, 2.05) is 6.92 Å². The van der Waals surface area contributed by atoms with Gasteiger partial charge in [-0.05, 0) is 25.7 Å². The minimum Gasteiger partial charge on any atom is -0.381 e. The second kappa shape index (κ2) is 6.75. The van der Waals surface area contributed by atoms with Crippen LogP contribution in [0.1, 0.15) is 19.8 Å². The van der Waals surface area contributed by atoms with Crippen LogP contribution in [0.15, 0.2) is 6.20 Å². The predicted octanol–water partition coefficient (Wildman–Crippen LogP) is 2.40. The van der Waals surface area contributed by atoms with Gasteiger partial charge in [-0.2, -0.15) is 4.98 Å². The molecule has 0 aliphatic carbocycles. The highest BCUT2D eigenvalue weighted by Gasteiger charge is 2.15. The Bertz CT molecular complexity index is 382. The lowest BCUT2D eigenvalue weighted by Gasteiger charge is -2.11. The molecule has 1 aliphatic heterocycles. The largest absolute Gasteiger partial charge is 0.381 e. The lowest BCUT2D eigenvalue weighted by molar-refractivity contribution is 0.185. The van der Waals surface area contributed by atoms with Crippen LogP contribution < -0.4 is 10.6 Å². The summed E-state index contributed by atoms with van der Waals surface area (Å²) in [6.07, 6.45) is 3.85. The van der Waals surface area contributed by atoms with Crippen molar-refractivity contribution >= 4 is 23.4 Å². The predicted molar refractivity (Wildman–Crippen MR) is 73.2 cm³/mol. The van der Waals surface area contributed by atoms with E-state index in [9.17, 15) is 0 Å². The third-order valence-electron chi connectivity index (χ3n) is 2.95. The Morgan fingerprint density at radius 3 is 3.11 bits per heavy atom. The molecule has 1 unspecified atom stereocenters. The molecule has 1 aliphatic rings. The number of anilines is 2. The highest BCUT2D eigenvalue weighted by molar-refractivity contribution is 6.32. The highest BCUT2D eigenvalue weighted by atomic mass is 35.5. The number of aromatic nitrogens is 2. The number of hydrogen-bond acceptors (Lipinski definition) is 5. The first kappa shape index (κ1) is 13.4. The zero-order valence-electron chi connectivity index (χ0n) is 10.6. The van der Waals surface area contributed by atoms with Crippen LogP contribution in [0.2, 0.25) is 5.02 Å². The van der Waals surface area contributed by atoms with Gasteiger partial charge in [0.15, 0.2) is 0 Å². The Hall–Kier alpha value is -1.07. The van der Waals surface area contributed by atoms with Gasteiger partial charge in [0.2, 0.25) is 5.95 Å². The van der Waals surface area contributed by atoms with Crippen LogP contribution in [-0.2, 0) is 4.74 Å². The number of halogens is 1. The summed E-state index contributed by atoms with van der Waals surface area (Å²) in [5.41, 5.74) is 0. The molecule has 5 nitrogen and oxygen atoms in total. The first-order chi connectivity index (χ1) is 8.79. The van der Waals surface area contributed by atoms with E-state index in [0.717, 1.165) is 39.1 Å². The maximum absolute atomic E-state index is 6.05. The molecule has 0 radical (unpaired) electrons. The molecule has 0 spiro atoms. The molecule has 18 heavy (non-hydrogen) atoms. The van der Waals surface area contributed by atoms with Crippen molar-refractivity contribution in [1.82, 2.24) is 9.97 Å². The average Bonchev–Trinajstić information content (AvgIpc) is 2.86. The Morgan fingerprint density at radius 2 is 2.39 bits per heavy atom. The second-order valence-corrected chi connectivity index (χ2v) is 4.77. The molecule has 100 valence electrons. The zero-order valence-corrected chi connectivity index (χ0v) is 11.3. The molecule has 0 saturated carbocycles. The normalized spacial score (nSPS) is 18.9. The molecule has 1 aromatic heterocycles. The van der Waals surface area contributed by atoms with Gasteiger partial charge in [0.05, 0.1) is 6.20 Å². The van der Waals surface area contributed by atoms with Crippen LogP contribution in [0.5, 0.6) is 0 Å². The Kier molecular flexibility index (Phi) is 5.01. The number of nitrogens with one attached hydrogen (secondary N) is 2. The van der Waals surface area contributed by atoms with Gasteiger partial charge in [0, 0.05) is 26.3 Å². The third-order valence-corrected chi connectivity index (χ3v) is 3.22. The van der Waals surface area contributed by atoms with Crippen LogP contribution >= 0.6 is 11.6 Å². The zero-order chi connectivity index (χ0) is 12.8.